The van der Waals surface area contributed by atoms with E-state index in [9.17, 15) is 4.79 Å². The van der Waals surface area contributed by atoms with Crippen molar-refractivity contribution >= 4 is 17.5 Å². The molecule has 0 fully saturated rings. The molecule has 0 aliphatic heterocycles. The Morgan fingerprint density at radius 2 is 2.55 bits per heavy atom. The molecule has 60 valence electrons. The van der Waals surface area contributed by atoms with Crippen molar-refractivity contribution in [2.75, 3.05) is 5.75 Å². The lowest BCUT2D eigenvalue weighted by Crippen LogP contribution is -1.97. The average molecular weight is 170 g/mol. The van der Waals surface area contributed by atoms with Crippen molar-refractivity contribution in [3.05, 3.63) is 18.4 Å². The number of hydrogen-bond acceptors (Lipinski definition) is 3. The maximum atomic E-state index is 10.8. The number of thioether (sulfide) groups is 1. The van der Waals surface area contributed by atoms with Gasteiger partial charge in [-0.05, 0) is 12.1 Å². The second-order valence-corrected chi connectivity index (χ2v) is 3.09. The molecule has 2 nitrogen and oxygen atoms in total. The second kappa shape index (κ2) is 4.23. The Morgan fingerprint density at radius 1 is 1.73 bits per heavy atom. The van der Waals surface area contributed by atoms with E-state index in [1.54, 1.807) is 6.26 Å². The van der Waals surface area contributed by atoms with Crippen molar-refractivity contribution in [3.63, 3.8) is 0 Å². The average Bonchev–Trinajstić information content (AvgIpc) is 2.52. The van der Waals surface area contributed by atoms with Gasteiger partial charge in [0.15, 0.2) is 5.09 Å². The molecule has 0 bridgehead atoms. The topological polar surface area (TPSA) is 30.2 Å². The van der Waals surface area contributed by atoms with Crippen LogP contribution in [0.15, 0.2) is 27.9 Å². The molecule has 1 aromatic heterocycles. The highest BCUT2D eigenvalue weighted by molar-refractivity contribution is 7.99. The maximum absolute atomic E-state index is 10.8. The van der Waals surface area contributed by atoms with Gasteiger partial charge >= 0.3 is 0 Å². The Balaban J connectivity index is 2.29. The van der Waals surface area contributed by atoms with Crippen LogP contribution < -0.4 is 0 Å². The van der Waals surface area contributed by atoms with Gasteiger partial charge in [0.05, 0.1) is 12.0 Å². The molecule has 0 aliphatic carbocycles. The molecule has 1 aromatic rings. The first-order valence-corrected chi connectivity index (χ1v) is 4.49. The molecule has 0 saturated carbocycles. The highest BCUT2D eigenvalue weighted by Gasteiger charge is 2.00. The third kappa shape index (κ3) is 2.80. The molecular formula is C8H10O2S. The number of carbonyl (C=O) groups excluding carboxylic acids is 1. The molecule has 0 spiro atoms. The molecule has 1 rings (SSSR count). The fourth-order valence-corrected chi connectivity index (χ4v) is 1.41. The Kier molecular flexibility index (Phi) is 3.23. The molecule has 0 aromatic carbocycles. The molecule has 0 unspecified atom stereocenters. The van der Waals surface area contributed by atoms with Gasteiger partial charge in [0.2, 0.25) is 0 Å². The summed E-state index contributed by atoms with van der Waals surface area (Å²) in [5.41, 5.74) is 0. The van der Waals surface area contributed by atoms with Crippen LogP contribution in [-0.4, -0.2) is 11.5 Å². The maximum Gasteiger partial charge on any atom is 0.160 e. The SMILES string of the molecule is CCC(=O)CSc1ccco1. The second-order valence-electron chi connectivity index (χ2n) is 2.11. The van der Waals surface area contributed by atoms with E-state index in [0.29, 0.717) is 12.2 Å². The summed E-state index contributed by atoms with van der Waals surface area (Å²) in [4.78, 5) is 10.8. The van der Waals surface area contributed by atoms with Crippen LogP contribution >= 0.6 is 11.8 Å². The van der Waals surface area contributed by atoms with Crippen molar-refractivity contribution < 1.29 is 9.21 Å². The van der Waals surface area contributed by atoms with E-state index >= 15 is 0 Å². The first kappa shape index (κ1) is 8.40. The van der Waals surface area contributed by atoms with Gasteiger partial charge in [-0.2, -0.15) is 0 Å². The highest BCUT2D eigenvalue weighted by Crippen LogP contribution is 2.17. The van der Waals surface area contributed by atoms with E-state index in [-0.39, 0.29) is 5.78 Å². The van der Waals surface area contributed by atoms with E-state index in [1.165, 1.54) is 11.8 Å². The standard InChI is InChI=1S/C8H10O2S/c1-2-7(9)6-11-8-4-3-5-10-8/h3-5H,2,6H2,1H3. The number of furan rings is 1. The van der Waals surface area contributed by atoms with Gasteiger partial charge in [0, 0.05) is 6.42 Å². The molecule has 11 heavy (non-hydrogen) atoms. The lowest BCUT2D eigenvalue weighted by atomic mass is 10.4. The van der Waals surface area contributed by atoms with Crippen LogP contribution in [0.25, 0.3) is 0 Å². The minimum absolute atomic E-state index is 0.256. The fraction of sp³-hybridized carbons (Fsp3) is 0.375. The van der Waals surface area contributed by atoms with E-state index in [0.717, 1.165) is 5.09 Å². The van der Waals surface area contributed by atoms with Crippen molar-refractivity contribution in [2.45, 2.75) is 18.4 Å². The monoisotopic (exact) mass is 170 g/mol. The van der Waals surface area contributed by atoms with Crippen molar-refractivity contribution in [1.29, 1.82) is 0 Å². The van der Waals surface area contributed by atoms with E-state index < -0.39 is 0 Å². The van der Waals surface area contributed by atoms with Crippen LogP contribution in [0.4, 0.5) is 0 Å². The van der Waals surface area contributed by atoms with Crippen LogP contribution in [0.3, 0.4) is 0 Å². The largest absolute Gasteiger partial charge is 0.458 e. The summed E-state index contributed by atoms with van der Waals surface area (Å²) < 4.78 is 5.04. The molecule has 0 aliphatic rings. The number of rotatable bonds is 4. The Labute approximate surface area is 70.0 Å². The molecular weight excluding hydrogens is 160 g/mol. The number of carbonyl (C=O) groups is 1. The molecule has 0 amide bonds. The van der Waals surface area contributed by atoms with Gasteiger partial charge in [-0.1, -0.05) is 18.7 Å². The summed E-state index contributed by atoms with van der Waals surface area (Å²) in [5, 5.41) is 0.812. The van der Waals surface area contributed by atoms with Crippen LogP contribution in [-0.2, 0) is 4.79 Å². The molecule has 1 heterocycles. The van der Waals surface area contributed by atoms with Gasteiger partial charge < -0.3 is 4.42 Å². The third-order valence-corrected chi connectivity index (χ3v) is 2.25. The summed E-state index contributed by atoms with van der Waals surface area (Å²) in [7, 11) is 0. The lowest BCUT2D eigenvalue weighted by molar-refractivity contribution is -0.116. The van der Waals surface area contributed by atoms with Crippen molar-refractivity contribution in [1.82, 2.24) is 0 Å². The summed E-state index contributed by atoms with van der Waals surface area (Å²) in [6.45, 7) is 1.87. The minimum Gasteiger partial charge on any atom is -0.458 e. The van der Waals surface area contributed by atoms with E-state index in [4.69, 9.17) is 4.42 Å². The first-order chi connectivity index (χ1) is 5.33. The molecule has 0 N–H and O–H groups in total. The Bertz CT molecular complexity index is 216. The van der Waals surface area contributed by atoms with Gasteiger partial charge in [-0.15, -0.1) is 0 Å². The molecule has 0 atom stereocenters. The smallest absolute Gasteiger partial charge is 0.160 e. The van der Waals surface area contributed by atoms with Gasteiger partial charge in [-0.25, -0.2) is 0 Å². The number of hydrogen-bond donors (Lipinski definition) is 0. The summed E-state index contributed by atoms with van der Waals surface area (Å²) in [6.07, 6.45) is 2.21. The van der Waals surface area contributed by atoms with Crippen LogP contribution in [0, 0.1) is 0 Å². The zero-order chi connectivity index (χ0) is 8.10. The van der Waals surface area contributed by atoms with E-state index in [2.05, 4.69) is 0 Å². The normalized spacial score (nSPS) is 9.91. The summed E-state index contributed by atoms with van der Waals surface area (Å²) in [6, 6.07) is 3.67. The van der Waals surface area contributed by atoms with Crippen molar-refractivity contribution in [3.8, 4) is 0 Å². The van der Waals surface area contributed by atoms with Crippen molar-refractivity contribution in [2.24, 2.45) is 0 Å². The molecule has 0 saturated heterocycles. The fourth-order valence-electron chi connectivity index (χ4n) is 0.599. The predicted octanol–water partition coefficient (Wildman–Crippen LogP) is 2.35. The Morgan fingerprint density at radius 3 is 3.09 bits per heavy atom. The quantitative estimate of drug-likeness (QED) is 0.650. The molecule has 0 radical (unpaired) electrons. The highest BCUT2D eigenvalue weighted by atomic mass is 32.2. The summed E-state index contributed by atoms with van der Waals surface area (Å²) >= 11 is 1.44. The Hall–Kier alpha value is -0.700. The zero-order valence-electron chi connectivity index (χ0n) is 6.37. The van der Waals surface area contributed by atoms with Gasteiger partial charge in [0.25, 0.3) is 0 Å². The van der Waals surface area contributed by atoms with Crippen LogP contribution in [0.5, 0.6) is 0 Å². The third-order valence-electron chi connectivity index (χ3n) is 1.26. The van der Waals surface area contributed by atoms with Crippen LogP contribution in [0.2, 0.25) is 0 Å². The number of ketones is 1. The summed E-state index contributed by atoms with van der Waals surface area (Å²) in [5.74, 6) is 0.774. The first-order valence-electron chi connectivity index (χ1n) is 3.51. The predicted molar refractivity (Wildman–Crippen MR) is 44.7 cm³/mol. The van der Waals surface area contributed by atoms with Crippen LogP contribution in [0.1, 0.15) is 13.3 Å². The molecule has 3 heteroatoms. The zero-order valence-corrected chi connectivity index (χ0v) is 7.19. The minimum atomic E-state index is 0.256. The lowest BCUT2D eigenvalue weighted by Gasteiger charge is -1.93. The van der Waals surface area contributed by atoms with E-state index in [1.807, 2.05) is 19.1 Å². The van der Waals surface area contributed by atoms with Gasteiger partial charge in [0.1, 0.15) is 5.78 Å². The van der Waals surface area contributed by atoms with Gasteiger partial charge in [-0.3, -0.25) is 4.79 Å². The number of Topliss-reactive ketones (excluding diaryl/α,β-unsaturated/α-hetero) is 1.